The van der Waals surface area contributed by atoms with Crippen molar-refractivity contribution in [3.8, 4) is 0 Å². The highest BCUT2D eigenvalue weighted by Gasteiger charge is 2.31. The average molecular weight is 454 g/mol. The minimum Gasteiger partial charge on any atom is -0.211 e. The number of isocyanates is 1. The first-order valence-electron chi connectivity index (χ1n) is 13.9. The molecule has 0 aromatic heterocycles. The first-order valence-corrected chi connectivity index (χ1v) is 13.9. The zero-order valence-corrected chi connectivity index (χ0v) is 22.1. The SMILES string of the molecule is C=C(C)c1cccc(C(CCCCCCCCCC)(CCCCCCCCCC)N=C=O)c1. The summed E-state index contributed by atoms with van der Waals surface area (Å²) in [5.41, 5.74) is 2.93. The molecule has 0 amide bonds. The molecule has 0 saturated heterocycles. The van der Waals surface area contributed by atoms with E-state index >= 15 is 0 Å². The van der Waals surface area contributed by atoms with Crippen LogP contribution < -0.4 is 0 Å². The molecule has 1 rings (SSSR count). The van der Waals surface area contributed by atoms with Crippen LogP contribution in [0.25, 0.3) is 5.57 Å². The lowest BCUT2D eigenvalue weighted by atomic mass is 9.80. The summed E-state index contributed by atoms with van der Waals surface area (Å²) in [6.45, 7) is 10.7. The van der Waals surface area contributed by atoms with Crippen LogP contribution in [-0.4, -0.2) is 6.08 Å². The number of benzene rings is 1. The first-order chi connectivity index (χ1) is 16.1. The number of hydrogen-bond acceptors (Lipinski definition) is 2. The monoisotopic (exact) mass is 453 g/mol. The van der Waals surface area contributed by atoms with Gasteiger partial charge in [0.15, 0.2) is 0 Å². The number of carbonyl (C=O) groups excluding carboxylic acids is 1. The maximum absolute atomic E-state index is 11.6. The van der Waals surface area contributed by atoms with Gasteiger partial charge in [0.25, 0.3) is 0 Å². The fourth-order valence-electron chi connectivity index (χ4n) is 4.85. The van der Waals surface area contributed by atoms with Crippen molar-refractivity contribution < 1.29 is 4.79 Å². The molecule has 0 saturated carbocycles. The molecule has 1 aromatic rings. The van der Waals surface area contributed by atoms with E-state index in [2.05, 4.69) is 49.7 Å². The Labute approximate surface area is 205 Å². The van der Waals surface area contributed by atoms with E-state index in [9.17, 15) is 4.79 Å². The highest BCUT2D eigenvalue weighted by atomic mass is 16.1. The van der Waals surface area contributed by atoms with Crippen LogP contribution in [0.3, 0.4) is 0 Å². The second-order valence-electron chi connectivity index (χ2n) is 10.0. The van der Waals surface area contributed by atoms with E-state index in [-0.39, 0.29) is 0 Å². The molecule has 0 unspecified atom stereocenters. The lowest BCUT2D eigenvalue weighted by Crippen LogP contribution is -2.24. The highest BCUT2D eigenvalue weighted by molar-refractivity contribution is 5.62. The van der Waals surface area contributed by atoms with E-state index in [4.69, 9.17) is 0 Å². The minimum atomic E-state index is -0.433. The van der Waals surface area contributed by atoms with E-state index in [0.717, 1.165) is 42.4 Å². The number of hydrogen-bond donors (Lipinski definition) is 0. The van der Waals surface area contributed by atoms with Crippen molar-refractivity contribution in [2.24, 2.45) is 4.99 Å². The van der Waals surface area contributed by atoms with E-state index in [1.807, 2.05) is 13.0 Å². The molecular formula is C31H51NO. The van der Waals surface area contributed by atoms with Crippen molar-refractivity contribution in [3.05, 3.63) is 42.0 Å². The summed E-state index contributed by atoms with van der Waals surface area (Å²) < 4.78 is 0. The summed E-state index contributed by atoms with van der Waals surface area (Å²) in [4.78, 5) is 16.1. The van der Waals surface area contributed by atoms with Crippen molar-refractivity contribution in [1.82, 2.24) is 0 Å². The van der Waals surface area contributed by atoms with Crippen molar-refractivity contribution in [1.29, 1.82) is 0 Å². The molecule has 0 fully saturated rings. The third-order valence-corrected chi connectivity index (χ3v) is 7.04. The van der Waals surface area contributed by atoms with Gasteiger partial charge in [-0.1, -0.05) is 147 Å². The van der Waals surface area contributed by atoms with Gasteiger partial charge in [0.1, 0.15) is 0 Å². The van der Waals surface area contributed by atoms with Crippen LogP contribution in [0.1, 0.15) is 147 Å². The predicted molar refractivity (Wildman–Crippen MR) is 145 cm³/mol. The van der Waals surface area contributed by atoms with Gasteiger partial charge in [0.2, 0.25) is 6.08 Å². The molecule has 0 aliphatic heterocycles. The maximum Gasteiger partial charge on any atom is 0.235 e. The normalized spacial score (nSPS) is 11.4. The zero-order valence-electron chi connectivity index (χ0n) is 22.1. The molecule has 0 aliphatic carbocycles. The summed E-state index contributed by atoms with van der Waals surface area (Å²) in [6.07, 6.45) is 24.5. The Morgan fingerprint density at radius 2 is 1.24 bits per heavy atom. The quantitative estimate of drug-likeness (QED) is 0.103. The Bertz CT molecular complexity index is 666. The Balaban J connectivity index is 2.75. The Morgan fingerprint density at radius 1 is 0.788 bits per heavy atom. The largest absolute Gasteiger partial charge is 0.235 e. The van der Waals surface area contributed by atoms with Crippen LogP contribution in [0.2, 0.25) is 0 Å². The predicted octanol–water partition coefficient (Wildman–Crippen LogP) is 10.3. The van der Waals surface area contributed by atoms with Gasteiger partial charge in [-0.15, -0.1) is 0 Å². The molecule has 0 radical (unpaired) electrons. The molecule has 0 bridgehead atoms. The summed E-state index contributed by atoms with van der Waals surface area (Å²) in [5.74, 6) is 0. The van der Waals surface area contributed by atoms with E-state index < -0.39 is 5.54 Å². The molecule has 0 heterocycles. The van der Waals surface area contributed by atoms with Gasteiger partial charge in [0, 0.05) is 0 Å². The number of unbranched alkanes of at least 4 members (excludes halogenated alkanes) is 14. The first kappa shape index (κ1) is 29.4. The number of rotatable bonds is 21. The lowest BCUT2D eigenvalue weighted by molar-refractivity contribution is 0.344. The van der Waals surface area contributed by atoms with E-state index in [1.54, 1.807) is 0 Å². The van der Waals surface area contributed by atoms with Crippen molar-refractivity contribution >= 4 is 11.7 Å². The van der Waals surface area contributed by atoms with Crippen LogP contribution in [0, 0.1) is 0 Å². The van der Waals surface area contributed by atoms with E-state index in [1.165, 1.54) is 89.9 Å². The summed E-state index contributed by atoms with van der Waals surface area (Å²) in [5, 5.41) is 0. The summed E-state index contributed by atoms with van der Waals surface area (Å²) >= 11 is 0. The average Bonchev–Trinajstić information content (AvgIpc) is 2.82. The van der Waals surface area contributed by atoms with Crippen molar-refractivity contribution in [2.75, 3.05) is 0 Å². The van der Waals surface area contributed by atoms with Gasteiger partial charge < -0.3 is 0 Å². The molecule has 186 valence electrons. The molecular weight excluding hydrogens is 402 g/mol. The fourth-order valence-corrected chi connectivity index (χ4v) is 4.85. The second-order valence-corrected chi connectivity index (χ2v) is 10.0. The zero-order chi connectivity index (χ0) is 24.2. The van der Waals surface area contributed by atoms with Crippen LogP contribution in [-0.2, 0) is 10.3 Å². The molecule has 2 heteroatoms. The standard InChI is InChI=1S/C31H51NO/c1-5-7-9-11-13-15-17-19-24-31(32-27-33,25-20-18-16-14-12-10-8-6-2)30-23-21-22-29(26-30)28(3)4/h21-23,26H,3,5-20,24-25H2,1-2,4H3. The Kier molecular flexibility index (Phi) is 16.7. The number of aliphatic imine (C=N–C) groups is 1. The molecule has 0 N–H and O–H groups in total. The molecule has 33 heavy (non-hydrogen) atoms. The molecule has 1 aromatic carbocycles. The molecule has 0 atom stereocenters. The number of allylic oxidation sites excluding steroid dienone is 1. The summed E-state index contributed by atoms with van der Waals surface area (Å²) in [7, 11) is 0. The second kappa shape index (κ2) is 18.7. The van der Waals surface area contributed by atoms with Crippen LogP contribution in [0.4, 0.5) is 0 Å². The smallest absolute Gasteiger partial charge is 0.211 e. The summed E-state index contributed by atoms with van der Waals surface area (Å²) in [6, 6.07) is 8.56. The van der Waals surface area contributed by atoms with Gasteiger partial charge in [-0.2, -0.15) is 4.99 Å². The van der Waals surface area contributed by atoms with E-state index in [0.29, 0.717) is 0 Å². The third kappa shape index (κ3) is 12.4. The minimum absolute atomic E-state index is 0.433. The van der Waals surface area contributed by atoms with Crippen LogP contribution in [0.15, 0.2) is 35.8 Å². The van der Waals surface area contributed by atoms with Crippen molar-refractivity contribution in [2.45, 2.75) is 142 Å². The highest BCUT2D eigenvalue weighted by Crippen LogP contribution is 2.38. The van der Waals surface area contributed by atoms with Gasteiger partial charge in [-0.25, -0.2) is 4.79 Å². The van der Waals surface area contributed by atoms with Gasteiger partial charge in [0.05, 0.1) is 5.54 Å². The maximum atomic E-state index is 11.6. The number of nitrogens with zero attached hydrogens (tertiary/aromatic N) is 1. The van der Waals surface area contributed by atoms with Gasteiger partial charge >= 0.3 is 0 Å². The van der Waals surface area contributed by atoms with Crippen LogP contribution >= 0.6 is 0 Å². The molecule has 2 nitrogen and oxygen atoms in total. The van der Waals surface area contributed by atoms with Crippen molar-refractivity contribution in [3.63, 3.8) is 0 Å². The molecule has 0 aliphatic rings. The van der Waals surface area contributed by atoms with Crippen LogP contribution in [0.5, 0.6) is 0 Å². The van der Waals surface area contributed by atoms with Gasteiger partial charge in [-0.3, -0.25) is 0 Å². The van der Waals surface area contributed by atoms with Gasteiger partial charge in [-0.05, 0) is 37.0 Å². The fraction of sp³-hybridized carbons (Fsp3) is 0.710. The molecule has 0 spiro atoms. The Hall–Kier alpha value is -1.66. The lowest BCUT2D eigenvalue weighted by Gasteiger charge is -2.30. The Morgan fingerprint density at radius 3 is 1.67 bits per heavy atom. The third-order valence-electron chi connectivity index (χ3n) is 7.04. The topological polar surface area (TPSA) is 29.4 Å².